The standard InChI is InChI=1S/C26H25N3O5S/c30-25(18-5-2-1-3-6-18)29-11-4-7-23(29)26(31)27-14-20-16-28(17-21(20)15-27)35(32,33)22-8-9-24-19(13-22)10-12-34-24/h1-3,5-6,8-10,12-13,23H,4,7,11,14-17H2/t23-/m0/s1. The van der Waals surface area contributed by atoms with Crippen LogP contribution in [0.1, 0.15) is 23.2 Å². The summed E-state index contributed by atoms with van der Waals surface area (Å²) in [5.41, 5.74) is 3.19. The fourth-order valence-corrected chi connectivity index (χ4v) is 6.82. The maximum atomic E-state index is 13.4. The predicted molar refractivity (Wildman–Crippen MR) is 129 cm³/mol. The number of sulfonamides is 1. The molecule has 3 aliphatic heterocycles. The van der Waals surface area contributed by atoms with E-state index in [1.165, 1.54) is 10.6 Å². The molecule has 6 rings (SSSR count). The quantitative estimate of drug-likeness (QED) is 0.524. The van der Waals surface area contributed by atoms with Crippen LogP contribution in [0.15, 0.2) is 81.3 Å². The third kappa shape index (κ3) is 3.75. The normalized spacial score (nSPS) is 20.7. The summed E-state index contributed by atoms with van der Waals surface area (Å²) in [6.45, 7) is 1.94. The molecule has 4 heterocycles. The molecule has 0 saturated carbocycles. The van der Waals surface area contributed by atoms with Gasteiger partial charge in [0.15, 0.2) is 0 Å². The van der Waals surface area contributed by atoms with Crippen LogP contribution < -0.4 is 0 Å². The van der Waals surface area contributed by atoms with Gasteiger partial charge in [-0.2, -0.15) is 4.31 Å². The Kier molecular flexibility index (Phi) is 5.26. The molecule has 3 aliphatic rings. The second-order valence-corrected chi connectivity index (χ2v) is 11.3. The molecular formula is C26H25N3O5S. The molecule has 1 aromatic heterocycles. The molecule has 1 fully saturated rings. The minimum atomic E-state index is -3.66. The number of likely N-dealkylation sites (tertiary alicyclic amines) is 1. The highest BCUT2D eigenvalue weighted by Crippen LogP contribution is 2.32. The van der Waals surface area contributed by atoms with Crippen LogP contribution in [0.4, 0.5) is 0 Å². The van der Waals surface area contributed by atoms with Crippen molar-refractivity contribution in [2.75, 3.05) is 32.7 Å². The van der Waals surface area contributed by atoms with Crippen LogP contribution in [0.2, 0.25) is 0 Å². The second kappa shape index (κ2) is 8.35. The molecule has 0 unspecified atom stereocenters. The number of hydrogen-bond donors (Lipinski definition) is 0. The van der Waals surface area contributed by atoms with Crippen molar-refractivity contribution < 1.29 is 22.4 Å². The van der Waals surface area contributed by atoms with E-state index in [-0.39, 0.29) is 29.8 Å². The number of carbonyl (C=O) groups is 2. The summed E-state index contributed by atoms with van der Waals surface area (Å²) in [7, 11) is -3.66. The largest absolute Gasteiger partial charge is 0.464 e. The van der Waals surface area contributed by atoms with Crippen molar-refractivity contribution in [3.8, 4) is 0 Å². The zero-order chi connectivity index (χ0) is 24.2. The molecule has 0 bridgehead atoms. The monoisotopic (exact) mass is 491 g/mol. The van der Waals surface area contributed by atoms with E-state index in [4.69, 9.17) is 4.42 Å². The molecule has 0 N–H and O–H groups in total. The van der Waals surface area contributed by atoms with E-state index in [0.717, 1.165) is 23.0 Å². The molecule has 2 aromatic carbocycles. The van der Waals surface area contributed by atoms with Crippen molar-refractivity contribution in [2.45, 2.75) is 23.8 Å². The fraction of sp³-hybridized carbons (Fsp3) is 0.308. The third-order valence-corrected chi connectivity index (χ3v) is 8.98. The molecule has 8 nitrogen and oxygen atoms in total. The van der Waals surface area contributed by atoms with Crippen LogP contribution in [0, 0.1) is 0 Å². The van der Waals surface area contributed by atoms with Crippen LogP contribution in [0.5, 0.6) is 0 Å². The van der Waals surface area contributed by atoms with Gasteiger partial charge in [0.05, 0.1) is 11.2 Å². The number of benzene rings is 2. The Labute approximate surface area is 203 Å². The smallest absolute Gasteiger partial charge is 0.254 e. The lowest BCUT2D eigenvalue weighted by Gasteiger charge is -2.29. The molecule has 180 valence electrons. The first kappa shape index (κ1) is 22.1. The van der Waals surface area contributed by atoms with Gasteiger partial charge in [-0.15, -0.1) is 0 Å². The maximum absolute atomic E-state index is 13.4. The molecule has 2 amide bonds. The van der Waals surface area contributed by atoms with Gasteiger partial charge in [-0.05, 0) is 60.4 Å². The SMILES string of the molecule is O=C([C@@H]1CCCN1C(=O)c1ccccc1)N1CC2=C(C1)CN(S(=O)(=O)c1ccc3occc3c1)C2. The fourth-order valence-electron chi connectivity index (χ4n) is 5.35. The van der Waals surface area contributed by atoms with E-state index < -0.39 is 16.1 Å². The summed E-state index contributed by atoms with van der Waals surface area (Å²) in [4.78, 5) is 30.1. The van der Waals surface area contributed by atoms with Gasteiger partial charge < -0.3 is 14.2 Å². The first-order valence-corrected chi connectivity index (χ1v) is 13.2. The summed E-state index contributed by atoms with van der Waals surface area (Å²) in [6, 6.07) is 15.2. The van der Waals surface area contributed by atoms with Crippen LogP contribution in [-0.4, -0.2) is 73.1 Å². The van der Waals surface area contributed by atoms with Crippen LogP contribution >= 0.6 is 0 Å². The van der Waals surface area contributed by atoms with Crippen LogP contribution in [-0.2, 0) is 14.8 Å². The summed E-state index contributed by atoms with van der Waals surface area (Å²) in [5.74, 6) is -0.172. The summed E-state index contributed by atoms with van der Waals surface area (Å²) in [6.07, 6.45) is 2.98. The lowest BCUT2D eigenvalue weighted by Crippen LogP contribution is -2.48. The topological polar surface area (TPSA) is 91.1 Å². The minimum absolute atomic E-state index is 0.0546. The van der Waals surface area contributed by atoms with E-state index in [9.17, 15) is 18.0 Å². The zero-order valence-electron chi connectivity index (χ0n) is 19.1. The Morgan fingerprint density at radius 3 is 2.40 bits per heavy atom. The van der Waals surface area contributed by atoms with Gasteiger partial charge in [0.1, 0.15) is 11.6 Å². The number of nitrogens with zero attached hydrogens (tertiary/aromatic N) is 3. The van der Waals surface area contributed by atoms with Crippen molar-refractivity contribution in [3.63, 3.8) is 0 Å². The number of rotatable bonds is 4. The molecule has 0 aliphatic carbocycles. The number of carbonyl (C=O) groups excluding carboxylic acids is 2. The molecular weight excluding hydrogens is 466 g/mol. The molecule has 1 saturated heterocycles. The van der Waals surface area contributed by atoms with E-state index in [2.05, 4.69) is 0 Å². The van der Waals surface area contributed by atoms with E-state index >= 15 is 0 Å². The van der Waals surface area contributed by atoms with Crippen molar-refractivity contribution in [1.29, 1.82) is 0 Å². The Morgan fingerprint density at radius 2 is 1.66 bits per heavy atom. The highest BCUT2D eigenvalue weighted by molar-refractivity contribution is 7.89. The van der Waals surface area contributed by atoms with Crippen molar-refractivity contribution in [3.05, 3.63) is 77.6 Å². The van der Waals surface area contributed by atoms with Crippen LogP contribution in [0.3, 0.4) is 0 Å². The number of fused-ring (bicyclic) bond motifs is 1. The van der Waals surface area contributed by atoms with Gasteiger partial charge >= 0.3 is 0 Å². The first-order valence-electron chi connectivity index (χ1n) is 11.7. The zero-order valence-corrected chi connectivity index (χ0v) is 19.9. The third-order valence-electron chi connectivity index (χ3n) is 7.19. The summed E-state index contributed by atoms with van der Waals surface area (Å²) in [5, 5.41) is 0.744. The van der Waals surface area contributed by atoms with Gasteiger partial charge in [0.2, 0.25) is 15.9 Å². The Morgan fingerprint density at radius 1 is 0.914 bits per heavy atom. The summed E-state index contributed by atoms with van der Waals surface area (Å²) >= 11 is 0. The minimum Gasteiger partial charge on any atom is -0.464 e. The van der Waals surface area contributed by atoms with Gasteiger partial charge in [-0.25, -0.2) is 8.42 Å². The van der Waals surface area contributed by atoms with Crippen molar-refractivity contribution in [2.24, 2.45) is 0 Å². The number of hydrogen-bond acceptors (Lipinski definition) is 5. The lowest BCUT2D eigenvalue weighted by molar-refractivity contribution is -0.134. The molecule has 1 atom stereocenters. The average molecular weight is 492 g/mol. The maximum Gasteiger partial charge on any atom is 0.254 e. The molecule has 3 aromatic rings. The second-order valence-electron chi connectivity index (χ2n) is 9.32. The predicted octanol–water partition coefficient (Wildman–Crippen LogP) is 2.88. The highest BCUT2D eigenvalue weighted by atomic mass is 32.2. The average Bonchev–Trinajstić information content (AvgIpc) is 3.66. The van der Waals surface area contributed by atoms with Crippen molar-refractivity contribution >= 4 is 32.8 Å². The van der Waals surface area contributed by atoms with E-state index in [1.54, 1.807) is 46.2 Å². The van der Waals surface area contributed by atoms with Gasteiger partial charge in [-0.3, -0.25) is 9.59 Å². The lowest BCUT2D eigenvalue weighted by atomic mass is 10.1. The molecule has 9 heteroatoms. The molecule has 0 radical (unpaired) electrons. The van der Waals surface area contributed by atoms with Gasteiger partial charge in [-0.1, -0.05) is 18.2 Å². The Bertz CT molecular complexity index is 1440. The summed E-state index contributed by atoms with van der Waals surface area (Å²) < 4.78 is 33.3. The molecule has 0 spiro atoms. The number of furan rings is 1. The Hall–Kier alpha value is -3.43. The van der Waals surface area contributed by atoms with Crippen molar-refractivity contribution in [1.82, 2.24) is 14.1 Å². The van der Waals surface area contributed by atoms with Gasteiger partial charge in [0, 0.05) is 43.7 Å². The number of amides is 2. The highest BCUT2D eigenvalue weighted by Gasteiger charge is 2.42. The van der Waals surface area contributed by atoms with Crippen LogP contribution in [0.25, 0.3) is 11.0 Å². The Balaban J connectivity index is 1.13. The first-order chi connectivity index (χ1) is 16.9. The van der Waals surface area contributed by atoms with Gasteiger partial charge in [0.25, 0.3) is 5.91 Å². The van der Waals surface area contributed by atoms with E-state index in [0.29, 0.717) is 37.2 Å². The van der Waals surface area contributed by atoms with E-state index in [1.807, 2.05) is 18.2 Å². The molecule has 35 heavy (non-hydrogen) atoms.